The highest BCUT2D eigenvalue weighted by Crippen LogP contribution is 2.38. The molecule has 0 saturated heterocycles. The maximum atomic E-state index is 13.0. The molecule has 1 aliphatic heterocycles. The van der Waals surface area contributed by atoms with E-state index >= 15 is 0 Å². The lowest BCUT2D eigenvalue weighted by molar-refractivity contribution is -0.136. The van der Waals surface area contributed by atoms with Crippen molar-refractivity contribution in [2.75, 3.05) is 13.1 Å². The van der Waals surface area contributed by atoms with E-state index in [4.69, 9.17) is 4.74 Å². The third kappa shape index (κ3) is 5.16. The standard InChI is InChI=1S/C26H32N2O3/c1-5-15-27-25(29)23(6-2)31-21-13-12-19-14-16-28(26(30)18(3)4)24(22(19)17-21)20-10-8-7-9-11-20/h5,7-13,17-18,23-24H,1,6,14-16H2,2-4H3,(H,27,29). The third-order valence-electron chi connectivity index (χ3n) is 5.60. The average Bonchev–Trinajstić information content (AvgIpc) is 2.80. The van der Waals surface area contributed by atoms with Crippen LogP contribution in [0.15, 0.2) is 61.2 Å². The first-order chi connectivity index (χ1) is 15.0. The van der Waals surface area contributed by atoms with Crippen molar-refractivity contribution in [3.63, 3.8) is 0 Å². The lowest BCUT2D eigenvalue weighted by Gasteiger charge is -2.39. The highest BCUT2D eigenvalue weighted by molar-refractivity contribution is 5.81. The molecule has 31 heavy (non-hydrogen) atoms. The normalized spacial score (nSPS) is 16.4. The maximum absolute atomic E-state index is 13.0. The van der Waals surface area contributed by atoms with Crippen molar-refractivity contribution in [2.45, 2.75) is 45.8 Å². The molecule has 0 spiro atoms. The van der Waals surface area contributed by atoms with Crippen molar-refractivity contribution in [1.29, 1.82) is 0 Å². The Morgan fingerprint density at radius 2 is 1.97 bits per heavy atom. The van der Waals surface area contributed by atoms with E-state index < -0.39 is 6.10 Å². The fourth-order valence-electron chi connectivity index (χ4n) is 4.00. The van der Waals surface area contributed by atoms with E-state index in [2.05, 4.69) is 30.1 Å². The lowest BCUT2D eigenvalue weighted by atomic mass is 9.87. The Labute approximate surface area is 185 Å². The summed E-state index contributed by atoms with van der Waals surface area (Å²) < 4.78 is 6.07. The number of carbonyl (C=O) groups is 2. The van der Waals surface area contributed by atoms with Crippen LogP contribution in [-0.2, 0) is 16.0 Å². The minimum atomic E-state index is -0.579. The minimum Gasteiger partial charge on any atom is -0.481 e. The SMILES string of the molecule is C=CCNC(=O)C(CC)Oc1ccc2c(c1)C(c1ccccc1)N(C(=O)C(C)C)CC2. The molecule has 5 nitrogen and oxygen atoms in total. The summed E-state index contributed by atoms with van der Waals surface area (Å²) >= 11 is 0. The topological polar surface area (TPSA) is 58.6 Å². The molecule has 0 saturated carbocycles. The van der Waals surface area contributed by atoms with Gasteiger partial charge in [0.05, 0.1) is 6.04 Å². The van der Waals surface area contributed by atoms with Crippen LogP contribution in [0, 0.1) is 5.92 Å². The molecule has 1 aliphatic rings. The second-order valence-corrected chi connectivity index (χ2v) is 8.16. The van der Waals surface area contributed by atoms with Gasteiger partial charge in [-0.3, -0.25) is 9.59 Å². The molecule has 2 amide bonds. The monoisotopic (exact) mass is 420 g/mol. The summed E-state index contributed by atoms with van der Waals surface area (Å²) in [7, 11) is 0. The molecular formula is C26H32N2O3. The molecule has 0 aliphatic carbocycles. The van der Waals surface area contributed by atoms with Crippen LogP contribution in [0.4, 0.5) is 0 Å². The van der Waals surface area contributed by atoms with Gasteiger partial charge >= 0.3 is 0 Å². The number of nitrogens with one attached hydrogen (secondary N) is 1. The van der Waals surface area contributed by atoms with E-state index in [1.807, 2.05) is 56.0 Å². The Morgan fingerprint density at radius 3 is 2.61 bits per heavy atom. The number of ether oxygens (including phenoxy) is 1. The van der Waals surface area contributed by atoms with Crippen LogP contribution in [0.2, 0.25) is 0 Å². The van der Waals surface area contributed by atoms with Crippen molar-refractivity contribution < 1.29 is 14.3 Å². The summed E-state index contributed by atoms with van der Waals surface area (Å²) in [6.07, 6.45) is 2.42. The zero-order valence-electron chi connectivity index (χ0n) is 18.6. The number of hydrogen-bond donors (Lipinski definition) is 1. The summed E-state index contributed by atoms with van der Waals surface area (Å²) in [4.78, 5) is 27.4. The van der Waals surface area contributed by atoms with Gasteiger partial charge in [-0.15, -0.1) is 6.58 Å². The van der Waals surface area contributed by atoms with Crippen LogP contribution in [0.5, 0.6) is 5.75 Å². The minimum absolute atomic E-state index is 0.0785. The van der Waals surface area contributed by atoms with Gasteiger partial charge in [-0.2, -0.15) is 0 Å². The molecule has 164 valence electrons. The molecule has 2 atom stereocenters. The smallest absolute Gasteiger partial charge is 0.261 e. The first-order valence-corrected chi connectivity index (χ1v) is 11.0. The Bertz CT molecular complexity index is 924. The van der Waals surface area contributed by atoms with Gasteiger partial charge in [0.25, 0.3) is 5.91 Å². The molecule has 5 heteroatoms. The van der Waals surface area contributed by atoms with Gasteiger partial charge in [-0.05, 0) is 41.7 Å². The Balaban J connectivity index is 1.96. The number of amides is 2. The van der Waals surface area contributed by atoms with Gasteiger partial charge in [-0.25, -0.2) is 0 Å². The van der Waals surface area contributed by atoms with E-state index in [9.17, 15) is 9.59 Å². The van der Waals surface area contributed by atoms with Gasteiger partial charge in [0, 0.05) is 19.0 Å². The molecule has 0 aromatic heterocycles. The fraction of sp³-hybridized carbons (Fsp3) is 0.385. The van der Waals surface area contributed by atoms with E-state index in [0.717, 1.165) is 17.5 Å². The molecule has 1 N–H and O–H groups in total. The van der Waals surface area contributed by atoms with Crippen LogP contribution in [-0.4, -0.2) is 35.9 Å². The quantitative estimate of drug-likeness (QED) is 0.649. The third-order valence-corrected chi connectivity index (χ3v) is 5.60. The molecule has 0 bridgehead atoms. The van der Waals surface area contributed by atoms with E-state index in [1.165, 1.54) is 5.56 Å². The van der Waals surface area contributed by atoms with Gasteiger partial charge in [-0.1, -0.05) is 63.2 Å². The maximum Gasteiger partial charge on any atom is 0.261 e. The Hall–Kier alpha value is -3.08. The summed E-state index contributed by atoms with van der Waals surface area (Å²) in [5.41, 5.74) is 3.34. The zero-order chi connectivity index (χ0) is 22.4. The molecule has 3 rings (SSSR count). The predicted octanol–water partition coefficient (Wildman–Crippen LogP) is 4.28. The Kier molecular flexibility index (Phi) is 7.50. The average molecular weight is 421 g/mol. The molecule has 0 radical (unpaired) electrons. The van der Waals surface area contributed by atoms with Crippen LogP contribution in [0.3, 0.4) is 0 Å². The lowest BCUT2D eigenvalue weighted by Crippen LogP contribution is -2.42. The van der Waals surface area contributed by atoms with Crippen molar-refractivity contribution in [3.8, 4) is 5.75 Å². The molecule has 1 heterocycles. The number of benzene rings is 2. The number of nitrogens with zero attached hydrogens (tertiary/aromatic N) is 1. The van der Waals surface area contributed by atoms with E-state index in [1.54, 1.807) is 6.08 Å². The molecule has 2 aromatic rings. The zero-order valence-corrected chi connectivity index (χ0v) is 18.6. The van der Waals surface area contributed by atoms with Crippen molar-refractivity contribution in [1.82, 2.24) is 10.2 Å². The first kappa shape index (κ1) is 22.6. The van der Waals surface area contributed by atoms with E-state index in [-0.39, 0.29) is 23.8 Å². The molecule has 0 fully saturated rings. The van der Waals surface area contributed by atoms with Gasteiger partial charge in [0.2, 0.25) is 5.91 Å². The van der Waals surface area contributed by atoms with Gasteiger partial charge < -0.3 is 15.0 Å². The number of carbonyl (C=O) groups excluding carboxylic acids is 2. The van der Waals surface area contributed by atoms with Crippen LogP contribution < -0.4 is 10.1 Å². The Morgan fingerprint density at radius 1 is 1.23 bits per heavy atom. The van der Waals surface area contributed by atoms with Crippen LogP contribution in [0.1, 0.15) is 49.9 Å². The van der Waals surface area contributed by atoms with Crippen molar-refractivity contribution in [3.05, 3.63) is 77.9 Å². The summed E-state index contributed by atoms with van der Waals surface area (Å²) in [5, 5.41) is 2.80. The molecule has 2 unspecified atom stereocenters. The highest BCUT2D eigenvalue weighted by Gasteiger charge is 2.33. The molecular weight excluding hydrogens is 388 g/mol. The van der Waals surface area contributed by atoms with Crippen molar-refractivity contribution in [2.24, 2.45) is 5.92 Å². The highest BCUT2D eigenvalue weighted by atomic mass is 16.5. The predicted molar refractivity (Wildman–Crippen MR) is 123 cm³/mol. The van der Waals surface area contributed by atoms with E-state index in [0.29, 0.717) is 25.3 Å². The largest absolute Gasteiger partial charge is 0.481 e. The van der Waals surface area contributed by atoms with Gasteiger partial charge in [0.1, 0.15) is 5.75 Å². The van der Waals surface area contributed by atoms with Crippen LogP contribution >= 0.6 is 0 Å². The second-order valence-electron chi connectivity index (χ2n) is 8.16. The summed E-state index contributed by atoms with van der Waals surface area (Å²) in [5.74, 6) is 0.543. The first-order valence-electron chi connectivity index (χ1n) is 11.0. The van der Waals surface area contributed by atoms with Gasteiger partial charge in [0.15, 0.2) is 6.10 Å². The molecule has 2 aromatic carbocycles. The summed E-state index contributed by atoms with van der Waals surface area (Å²) in [6.45, 7) is 10.5. The number of hydrogen-bond acceptors (Lipinski definition) is 3. The second kappa shape index (κ2) is 10.3. The summed E-state index contributed by atoms with van der Waals surface area (Å²) in [6, 6.07) is 15.9. The fourth-order valence-corrected chi connectivity index (χ4v) is 4.00. The number of rotatable bonds is 8. The van der Waals surface area contributed by atoms with Crippen LogP contribution in [0.25, 0.3) is 0 Å². The van der Waals surface area contributed by atoms with Crippen molar-refractivity contribution >= 4 is 11.8 Å². The number of fused-ring (bicyclic) bond motifs is 1.